The normalized spacial score (nSPS) is 12.5. The minimum atomic E-state index is -0.0628. The van der Waals surface area contributed by atoms with Crippen molar-refractivity contribution < 1.29 is 14.3 Å². The number of hydrogen-bond acceptors (Lipinski definition) is 4. The summed E-state index contributed by atoms with van der Waals surface area (Å²) in [7, 11) is 3.61. The average molecular weight is 273 g/mol. The van der Waals surface area contributed by atoms with Crippen LogP contribution >= 0.6 is 0 Å². The fourth-order valence-electron chi connectivity index (χ4n) is 2.15. The van der Waals surface area contributed by atoms with Crippen LogP contribution in [0.2, 0.25) is 0 Å². The quantitative estimate of drug-likeness (QED) is 0.848. The Morgan fingerprint density at radius 3 is 2.95 bits per heavy atom. The van der Waals surface area contributed by atoms with Gasteiger partial charge in [0.25, 0.3) is 5.91 Å². The molecule has 0 saturated carbocycles. The molecular formula is C14H15N3O3. The second kappa shape index (κ2) is 4.88. The van der Waals surface area contributed by atoms with E-state index in [4.69, 9.17) is 9.47 Å². The third kappa shape index (κ3) is 2.32. The molecule has 1 aliphatic heterocycles. The standard InChI is InChI=1S/C14H15N3O3/c1-16(7-10-6-15-17(2)8-10)14(18)11-3-4-12-13(5-11)20-9-19-12/h3-6,8H,7,9H2,1-2H3. The molecule has 1 aromatic carbocycles. The zero-order valence-electron chi connectivity index (χ0n) is 11.4. The summed E-state index contributed by atoms with van der Waals surface area (Å²) in [6.45, 7) is 0.722. The van der Waals surface area contributed by atoms with Crippen molar-refractivity contribution in [2.75, 3.05) is 13.8 Å². The van der Waals surface area contributed by atoms with E-state index in [2.05, 4.69) is 5.10 Å². The lowest BCUT2D eigenvalue weighted by molar-refractivity contribution is 0.0784. The van der Waals surface area contributed by atoms with Crippen molar-refractivity contribution in [1.82, 2.24) is 14.7 Å². The van der Waals surface area contributed by atoms with Gasteiger partial charge in [-0.05, 0) is 18.2 Å². The Morgan fingerprint density at radius 1 is 1.40 bits per heavy atom. The van der Waals surface area contributed by atoms with Gasteiger partial charge >= 0.3 is 0 Å². The molecule has 0 atom stereocenters. The van der Waals surface area contributed by atoms with Gasteiger partial charge in [-0.25, -0.2) is 0 Å². The monoisotopic (exact) mass is 273 g/mol. The maximum atomic E-state index is 12.4. The highest BCUT2D eigenvalue weighted by atomic mass is 16.7. The Balaban J connectivity index is 1.74. The molecular weight excluding hydrogens is 258 g/mol. The van der Waals surface area contributed by atoms with Crippen LogP contribution in [0, 0.1) is 0 Å². The van der Waals surface area contributed by atoms with Crippen LogP contribution in [0.5, 0.6) is 11.5 Å². The molecule has 1 amide bonds. The van der Waals surface area contributed by atoms with Gasteiger partial charge in [0, 0.05) is 38.0 Å². The van der Waals surface area contributed by atoms with Gasteiger partial charge in [-0.1, -0.05) is 0 Å². The van der Waals surface area contributed by atoms with Crippen LogP contribution in [0.1, 0.15) is 15.9 Å². The van der Waals surface area contributed by atoms with Gasteiger partial charge in [0.1, 0.15) is 0 Å². The lowest BCUT2D eigenvalue weighted by atomic mass is 10.1. The van der Waals surface area contributed by atoms with E-state index in [1.165, 1.54) is 0 Å². The Bertz CT molecular complexity index is 651. The van der Waals surface area contributed by atoms with Crippen molar-refractivity contribution in [3.8, 4) is 11.5 Å². The number of aryl methyl sites for hydroxylation is 1. The van der Waals surface area contributed by atoms with E-state index in [-0.39, 0.29) is 12.7 Å². The maximum absolute atomic E-state index is 12.4. The van der Waals surface area contributed by atoms with Crippen LogP contribution in [0.4, 0.5) is 0 Å². The first kappa shape index (κ1) is 12.5. The fourth-order valence-corrected chi connectivity index (χ4v) is 2.15. The minimum absolute atomic E-state index is 0.0628. The second-order valence-corrected chi connectivity index (χ2v) is 4.75. The molecule has 20 heavy (non-hydrogen) atoms. The molecule has 0 fully saturated rings. The van der Waals surface area contributed by atoms with Gasteiger partial charge < -0.3 is 14.4 Å². The first-order chi connectivity index (χ1) is 9.63. The van der Waals surface area contributed by atoms with Crippen LogP contribution in [0.25, 0.3) is 0 Å². The van der Waals surface area contributed by atoms with Crippen LogP contribution < -0.4 is 9.47 Å². The molecule has 0 N–H and O–H groups in total. The fraction of sp³-hybridized carbons (Fsp3) is 0.286. The summed E-state index contributed by atoms with van der Waals surface area (Å²) in [6.07, 6.45) is 3.65. The Kier molecular flexibility index (Phi) is 3.06. The number of rotatable bonds is 3. The van der Waals surface area contributed by atoms with Gasteiger partial charge in [0.05, 0.1) is 6.20 Å². The van der Waals surface area contributed by atoms with E-state index < -0.39 is 0 Å². The zero-order chi connectivity index (χ0) is 14.1. The van der Waals surface area contributed by atoms with Gasteiger partial charge in [-0.15, -0.1) is 0 Å². The largest absolute Gasteiger partial charge is 0.454 e. The van der Waals surface area contributed by atoms with E-state index in [9.17, 15) is 4.79 Å². The minimum Gasteiger partial charge on any atom is -0.454 e. The van der Waals surface area contributed by atoms with Crippen molar-refractivity contribution in [2.45, 2.75) is 6.54 Å². The highest BCUT2D eigenvalue weighted by Gasteiger charge is 2.18. The Labute approximate surface area is 116 Å². The van der Waals surface area contributed by atoms with Crippen molar-refractivity contribution in [2.24, 2.45) is 7.05 Å². The van der Waals surface area contributed by atoms with Gasteiger partial charge in [-0.2, -0.15) is 5.10 Å². The third-order valence-corrected chi connectivity index (χ3v) is 3.14. The Morgan fingerprint density at radius 2 is 2.20 bits per heavy atom. The van der Waals surface area contributed by atoms with Crippen molar-refractivity contribution >= 4 is 5.91 Å². The van der Waals surface area contributed by atoms with E-state index in [1.54, 1.807) is 41.0 Å². The van der Waals surface area contributed by atoms with E-state index in [0.29, 0.717) is 23.6 Å². The van der Waals surface area contributed by atoms with Gasteiger partial charge in [0.2, 0.25) is 6.79 Å². The molecule has 0 saturated heterocycles. The smallest absolute Gasteiger partial charge is 0.254 e. The summed E-state index contributed by atoms with van der Waals surface area (Å²) in [5.41, 5.74) is 1.57. The number of ether oxygens (including phenoxy) is 2. The third-order valence-electron chi connectivity index (χ3n) is 3.14. The van der Waals surface area contributed by atoms with E-state index >= 15 is 0 Å². The molecule has 0 spiro atoms. The summed E-state index contributed by atoms with van der Waals surface area (Å²) >= 11 is 0. The molecule has 3 rings (SSSR count). The highest BCUT2D eigenvalue weighted by Crippen LogP contribution is 2.32. The summed E-state index contributed by atoms with van der Waals surface area (Å²) < 4.78 is 12.2. The first-order valence-corrected chi connectivity index (χ1v) is 6.26. The van der Waals surface area contributed by atoms with E-state index in [0.717, 1.165) is 5.56 Å². The SMILES string of the molecule is CN(Cc1cnn(C)c1)C(=O)c1ccc2c(c1)OCO2. The van der Waals surface area contributed by atoms with Crippen molar-refractivity contribution in [3.05, 3.63) is 41.7 Å². The molecule has 1 aromatic heterocycles. The van der Waals surface area contributed by atoms with Crippen molar-refractivity contribution in [3.63, 3.8) is 0 Å². The molecule has 1 aliphatic rings. The van der Waals surface area contributed by atoms with Crippen molar-refractivity contribution in [1.29, 1.82) is 0 Å². The van der Waals surface area contributed by atoms with Gasteiger partial charge in [0.15, 0.2) is 11.5 Å². The number of aromatic nitrogens is 2. The average Bonchev–Trinajstić information content (AvgIpc) is 3.05. The first-order valence-electron chi connectivity index (χ1n) is 6.26. The molecule has 0 aliphatic carbocycles. The molecule has 6 nitrogen and oxygen atoms in total. The molecule has 6 heteroatoms. The second-order valence-electron chi connectivity index (χ2n) is 4.75. The topological polar surface area (TPSA) is 56.6 Å². The number of amides is 1. The molecule has 0 bridgehead atoms. The number of benzene rings is 1. The Hall–Kier alpha value is -2.50. The van der Waals surface area contributed by atoms with Crippen LogP contribution in [0.3, 0.4) is 0 Å². The van der Waals surface area contributed by atoms with E-state index in [1.807, 2.05) is 13.2 Å². The van der Waals surface area contributed by atoms with Crippen LogP contribution in [-0.2, 0) is 13.6 Å². The molecule has 0 radical (unpaired) electrons. The number of nitrogens with zero attached hydrogens (tertiary/aromatic N) is 3. The zero-order valence-corrected chi connectivity index (χ0v) is 11.4. The predicted octanol–water partition coefficient (Wildman–Crippen LogP) is 1.42. The molecule has 104 valence electrons. The summed E-state index contributed by atoms with van der Waals surface area (Å²) in [4.78, 5) is 14.0. The predicted molar refractivity (Wildman–Crippen MR) is 71.6 cm³/mol. The van der Waals surface area contributed by atoms with Gasteiger partial charge in [-0.3, -0.25) is 9.48 Å². The summed E-state index contributed by atoms with van der Waals surface area (Å²) in [5.74, 6) is 1.23. The number of carbonyl (C=O) groups is 1. The lowest BCUT2D eigenvalue weighted by Crippen LogP contribution is -2.25. The number of carbonyl (C=O) groups excluding carboxylic acids is 1. The van der Waals surface area contributed by atoms with Crippen LogP contribution in [-0.4, -0.2) is 34.4 Å². The summed E-state index contributed by atoms with van der Waals surface area (Å²) in [6, 6.07) is 5.22. The summed E-state index contributed by atoms with van der Waals surface area (Å²) in [5, 5.41) is 4.09. The molecule has 2 aromatic rings. The highest BCUT2D eigenvalue weighted by molar-refractivity contribution is 5.94. The van der Waals surface area contributed by atoms with Crippen LogP contribution in [0.15, 0.2) is 30.6 Å². The molecule has 2 heterocycles. The number of fused-ring (bicyclic) bond motifs is 1. The maximum Gasteiger partial charge on any atom is 0.254 e. The lowest BCUT2D eigenvalue weighted by Gasteiger charge is -2.16. The molecule has 0 unspecified atom stereocenters. The number of hydrogen-bond donors (Lipinski definition) is 0.